The molecule has 82 valence electrons. The molecular formula is C12H14N4. The first kappa shape index (κ1) is 10.7. The predicted molar refractivity (Wildman–Crippen MR) is 62.6 cm³/mol. The first-order valence-electron chi connectivity index (χ1n) is 5.22. The molecule has 0 spiro atoms. The third-order valence-corrected chi connectivity index (χ3v) is 2.18. The van der Waals surface area contributed by atoms with Crippen molar-refractivity contribution in [1.29, 1.82) is 0 Å². The highest BCUT2D eigenvalue weighted by molar-refractivity contribution is 5.52. The zero-order chi connectivity index (χ0) is 11.4. The van der Waals surface area contributed by atoms with Gasteiger partial charge in [-0.2, -0.15) is 0 Å². The minimum absolute atomic E-state index is 0.132. The number of pyridine rings is 1. The molecular weight excluding hydrogens is 200 g/mol. The van der Waals surface area contributed by atoms with E-state index in [1.54, 1.807) is 12.4 Å². The third-order valence-electron chi connectivity index (χ3n) is 2.18. The number of nitrogens with two attached hydrogens (primary N) is 1. The van der Waals surface area contributed by atoms with Crippen LogP contribution in [-0.4, -0.2) is 21.0 Å². The Kier molecular flexibility index (Phi) is 3.22. The lowest BCUT2D eigenvalue weighted by atomic mass is 10.1. The van der Waals surface area contributed by atoms with E-state index >= 15 is 0 Å². The number of hydrogen-bond acceptors (Lipinski definition) is 4. The van der Waals surface area contributed by atoms with E-state index in [1.165, 1.54) is 0 Å². The molecule has 0 aromatic carbocycles. The van der Waals surface area contributed by atoms with Crippen molar-refractivity contribution in [2.75, 3.05) is 0 Å². The molecule has 4 heteroatoms. The summed E-state index contributed by atoms with van der Waals surface area (Å²) in [6, 6.07) is 3.94. The zero-order valence-electron chi connectivity index (χ0n) is 9.17. The average Bonchev–Trinajstić information content (AvgIpc) is 2.30. The second-order valence-electron chi connectivity index (χ2n) is 3.84. The van der Waals surface area contributed by atoms with E-state index in [2.05, 4.69) is 15.0 Å². The van der Waals surface area contributed by atoms with Gasteiger partial charge < -0.3 is 5.73 Å². The maximum absolute atomic E-state index is 5.71. The Hall–Kier alpha value is -1.81. The molecule has 4 nitrogen and oxygen atoms in total. The monoisotopic (exact) mass is 214 g/mol. The van der Waals surface area contributed by atoms with Crippen molar-refractivity contribution in [3.8, 4) is 11.4 Å². The molecule has 2 aromatic heterocycles. The maximum Gasteiger partial charge on any atom is 0.160 e. The minimum Gasteiger partial charge on any atom is -0.328 e. The topological polar surface area (TPSA) is 64.7 Å². The summed E-state index contributed by atoms with van der Waals surface area (Å²) in [6.07, 6.45) is 7.92. The number of rotatable bonds is 3. The largest absolute Gasteiger partial charge is 0.328 e. The maximum atomic E-state index is 5.71. The first-order chi connectivity index (χ1) is 7.75. The Balaban J connectivity index is 2.20. The van der Waals surface area contributed by atoms with E-state index in [0.29, 0.717) is 5.82 Å². The van der Waals surface area contributed by atoms with Crippen molar-refractivity contribution >= 4 is 0 Å². The van der Waals surface area contributed by atoms with Crippen LogP contribution >= 0.6 is 0 Å². The normalized spacial score (nSPS) is 12.4. The fourth-order valence-electron chi connectivity index (χ4n) is 1.48. The van der Waals surface area contributed by atoms with Crippen molar-refractivity contribution in [3.05, 3.63) is 42.5 Å². The summed E-state index contributed by atoms with van der Waals surface area (Å²) in [4.78, 5) is 12.6. The van der Waals surface area contributed by atoms with Crippen molar-refractivity contribution in [3.63, 3.8) is 0 Å². The Labute approximate surface area is 94.6 Å². The second-order valence-corrected chi connectivity index (χ2v) is 3.84. The van der Waals surface area contributed by atoms with Crippen LogP contribution < -0.4 is 5.73 Å². The van der Waals surface area contributed by atoms with Gasteiger partial charge in [-0.1, -0.05) is 0 Å². The van der Waals surface area contributed by atoms with E-state index in [1.807, 2.05) is 31.5 Å². The van der Waals surface area contributed by atoms with Crippen molar-refractivity contribution < 1.29 is 0 Å². The lowest BCUT2D eigenvalue weighted by molar-refractivity contribution is 0.732. The van der Waals surface area contributed by atoms with Gasteiger partial charge >= 0.3 is 0 Å². The summed E-state index contributed by atoms with van der Waals surface area (Å²) in [6.45, 7) is 1.97. The summed E-state index contributed by atoms with van der Waals surface area (Å²) >= 11 is 0. The summed E-state index contributed by atoms with van der Waals surface area (Å²) in [5, 5.41) is 0. The molecule has 0 aliphatic rings. The predicted octanol–water partition coefficient (Wildman–Crippen LogP) is 1.43. The van der Waals surface area contributed by atoms with Crippen LogP contribution in [0.2, 0.25) is 0 Å². The van der Waals surface area contributed by atoms with Gasteiger partial charge in [0.15, 0.2) is 5.82 Å². The minimum atomic E-state index is 0.132. The lowest BCUT2D eigenvalue weighted by Gasteiger charge is -2.04. The van der Waals surface area contributed by atoms with Crippen molar-refractivity contribution in [2.24, 2.45) is 5.73 Å². The van der Waals surface area contributed by atoms with Crippen LogP contribution in [0, 0.1) is 0 Å². The van der Waals surface area contributed by atoms with Gasteiger partial charge in [0.05, 0.1) is 0 Å². The van der Waals surface area contributed by atoms with E-state index in [4.69, 9.17) is 5.73 Å². The van der Waals surface area contributed by atoms with Crippen molar-refractivity contribution in [2.45, 2.75) is 19.4 Å². The standard InChI is InChI=1S/C12H14N4/c1-9(13)5-10-6-15-12(16-7-10)11-3-2-4-14-8-11/h2-4,6-9H,5,13H2,1H3. The molecule has 1 unspecified atom stereocenters. The van der Waals surface area contributed by atoms with Crippen LogP contribution in [0.4, 0.5) is 0 Å². The van der Waals surface area contributed by atoms with Gasteiger partial charge in [0.1, 0.15) is 0 Å². The Morgan fingerprint density at radius 2 is 2.00 bits per heavy atom. The molecule has 0 aliphatic heterocycles. The fraction of sp³-hybridized carbons (Fsp3) is 0.250. The Morgan fingerprint density at radius 3 is 2.56 bits per heavy atom. The Bertz CT molecular complexity index is 436. The third kappa shape index (κ3) is 2.61. The van der Waals surface area contributed by atoms with E-state index in [0.717, 1.165) is 17.5 Å². The highest BCUT2D eigenvalue weighted by atomic mass is 14.9. The Morgan fingerprint density at radius 1 is 1.25 bits per heavy atom. The fourth-order valence-corrected chi connectivity index (χ4v) is 1.48. The van der Waals surface area contributed by atoms with E-state index in [9.17, 15) is 0 Å². The van der Waals surface area contributed by atoms with Gasteiger partial charge in [0.25, 0.3) is 0 Å². The highest BCUT2D eigenvalue weighted by Crippen LogP contribution is 2.12. The van der Waals surface area contributed by atoms with Crippen LogP contribution in [0.5, 0.6) is 0 Å². The smallest absolute Gasteiger partial charge is 0.160 e. The summed E-state index contributed by atoms with van der Waals surface area (Å²) < 4.78 is 0. The van der Waals surface area contributed by atoms with Gasteiger partial charge in [-0.05, 0) is 31.0 Å². The molecule has 16 heavy (non-hydrogen) atoms. The lowest BCUT2D eigenvalue weighted by Crippen LogP contribution is -2.18. The molecule has 0 saturated heterocycles. The molecule has 2 aromatic rings. The van der Waals surface area contributed by atoms with Crippen LogP contribution in [-0.2, 0) is 6.42 Å². The van der Waals surface area contributed by atoms with Gasteiger partial charge in [-0.25, -0.2) is 9.97 Å². The van der Waals surface area contributed by atoms with Crippen LogP contribution in [0.25, 0.3) is 11.4 Å². The molecule has 0 radical (unpaired) electrons. The molecule has 0 aliphatic carbocycles. The second kappa shape index (κ2) is 4.81. The molecule has 0 fully saturated rings. The molecule has 0 saturated carbocycles. The van der Waals surface area contributed by atoms with Gasteiger partial charge in [0, 0.05) is 36.4 Å². The van der Waals surface area contributed by atoms with Crippen LogP contribution in [0.15, 0.2) is 36.9 Å². The average molecular weight is 214 g/mol. The summed E-state index contributed by atoms with van der Waals surface area (Å²) in [7, 11) is 0. The summed E-state index contributed by atoms with van der Waals surface area (Å²) in [5.41, 5.74) is 7.69. The molecule has 2 heterocycles. The van der Waals surface area contributed by atoms with Gasteiger partial charge in [-0.15, -0.1) is 0 Å². The van der Waals surface area contributed by atoms with Crippen molar-refractivity contribution in [1.82, 2.24) is 15.0 Å². The number of aromatic nitrogens is 3. The molecule has 0 amide bonds. The first-order valence-corrected chi connectivity index (χ1v) is 5.22. The molecule has 0 bridgehead atoms. The highest BCUT2D eigenvalue weighted by Gasteiger charge is 2.02. The van der Waals surface area contributed by atoms with E-state index < -0.39 is 0 Å². The molecule has 1 atom stereocenters. The summed E-state index contributed by atoms with van der Waals surface area (Å²) in [5.74, 6) is 0.696. The van der Waals surface area contributed by atoms with Crippen LogP contribution in [0.1, 0.15) is 12.5 Å². The van der Waals surface area contributed by atoms with E-state index in [-0.39, 0.29) is 6.04 Å². The zero-order valence-corrected chi connectivity index (χ0v) is 9.17. The van der Waals surface area contributed by atoms with Crippen LogP contribution in [0.3, 0.4) is 0 Å². The van der Waals surface area contributed by atoms with Gasteiger partial charge in [-0.3, -0.25) is 4.98 Å². The quantitative estimate of drug-likeness (QED) is 0.839. The number of hydrogen-bond donors (Lipinski definition) is 1. The SMILES string of the molecule is CC(N)Cc1cnc(-c2cccnc2)nc1. The molecule has 2 rings (SSSR count). The van der Waals surface area contributed by atoms with Gasteiger partial charge in [0.2, 0.25) is 0 Å². The molecule has 2 N–H and O–H groups in total. The number of nitrogens with zero attached hydrogens (tertiary/aromatic N) is 3.